The third-order valence-electron chi connectivity index (χ3n) is 4.76. The Bertz CT molecular complexity index is 1290. The predicted molar refractivity (Wildman–Crippen MR) is 123 cm³/mol. The summed E-state index contributed by atoms with van der Waals surface area (Å²) >= 11 is 0. The molecule has 0 saturated heterocycles. The van der Waals surface area contributed by atoms with Crippen molar-refractivity contribution < 1.29 is 22.8 Å². The molecule has 1 amide bonds. The number of nitrogens with zero attached hydrogens (tertiary/aromatic N) is 3. The smallest absolute Gasteiger partial charge is 0.323 e. The fraction of sp³-hybridized carbons (Fsp3) is 0.120. The summed E-state index contributed by atoms with van der Waals surface area (Å²) in [7, 11) is 0. The Morgan fingerprint density at radius 1 is 1.09 bits per heavy atom. The van der Waals surface area contributed by atoms with Crippen molar-refractivity contribution in [2.24, 2.45) is 0 Å². The number of halogens is 3. The van der Waals surface area contributed by atoms with Gasteiger partial charge in [0.05, 0.1) is 11.4 Å². The van der Waals surface area contributed by atoms with Crippen LogP contribution in [0.25, 0.3) is 17.0 Å². The van der Waals surface area contributed by atoms with E-state index in [-0.39, 0.29) is 28.4 Å². The molecule has 34 heavy (non-hydrogen) atoms. The number of allylic oxidation sites excluding steroid dienone is 4. The zero-order chi connectivity index (χ0) is 24.9. The van der Waals surface area contributed by atoms with Crippen LogP contribution in [0.5, 0.6) is 0 Å². The fourth-order valence-electron chi connectivity index (χ4n) is 3.05. The number of ketones is 1. The molecule has 0 bridgehead atoms. The second-order valence-electron chi connectivity index (χ2n) is 7.23. The summed E-state index contributed by atoms with van der Waals surface area (Å²) in [4.78, 5) is 27.9. The molecule has 0 saturated carbocycles. The number of carbonyl (C=O) groups is 2. The van der Waals surface area contributed by atoms with Gasteiger partial charge in [0.15, 0.2) is 5.78 Å². The van der Waals surface area contributed by atoms with Crippen molar-refractivity contribution in [1.29, 1.82) is 0 Å². The highest BCUT2D eigenvalue weighted by Gasteiger charge is 2.36. The lowest BCUT2D eigenvalue weighted by Gasteiger charge is -2.11. The Hall–Kier alpha value is -4.27. The van der Waals surface area contributed by atoms with Crippen LogP contribution in [-0.4, -0.2) is 26.5 Å². The minimum atomic E-state index is -4.65. The van der Waals surface area contributed by atoms with Crippen molar-refractivity contribution in [3.8, 4) is 11.3 Å². The maximum Gasteiger partial charge on any atom is 0.433 e. The van der Waals surface area contributed by atoms with Crippen LogP contribution in [0.1, 0.15) is 40.3 Å². The number of alkyl halides is 3. The molecule has 1 N–H and O–H groups in total. The van der Waals surface area contributed by atoms with Gasteiger partial charge in [-0.15, -0.1) is 0 Å². The van der Waals surface area contributed by atoms with Gasteiger partial charge in [-0.05, 0) is 56.3 Å². The van der Waals surface area contributed by atoms with Crippen LogP contribution in [-0.2, 0) is 6.18 Å². The number of rotatable bonds is 7. The van der Waals surface area contributed by atoms with Crippen LogP contribution in [0.4, 0.5) is 13.2 Å². The first-order chi connectivity index (χ1) is 16.1. The van der Waals surface area contributed by atoms with Gasteiger partial charge in [-0.2, -0.15) is 18.3 Å². The Kier molecular flexibility index (Phi) is 7.25. The van der Waals surface area contributed by atoms with E-state index >= 15 is 0 Å². The molecule has 9 heteroatoms. The lowest BCUT2D eigenvalue weighted by molar-refractivity contribution is -0.142. The Balaban J connectivity index is 1.83. The number of hydrogen-bond donors (Lipinski definition) is 1. The lowest BCUT2D eigenvalue weighted by atomic mass is 10.1. The summed E-state index contributed by atoms with van der Waals surface area (Å²) < 4.78 is 41.9. The fourth-order valence-corrected chi connectivity index (χ4v) is 3.05. The molecule has 6 nitrogen and oxygen atoms in total. The van der Waals surface area contributed by atoms with Crippen LogP contribution in [0, 0.1) is 0 Å². The van der Waals surface area contributed by atoms with Crippen LogP contribution in [0.3, 0.4) is 0 Å². The molecule has 0 fully saturated rings. The minimum absolute atomic E-state index is 0.116. The molecule has 0 aliphatic carbocycles. The van der Waals surface area contributed by atoms with E-state index in [0.717, 1.165) is 10.7 Å². The zero-order valence-corrected chi connectivity index (χ0v) is 18.4. The molecule has 2 heterocycles. The predicted octanol–water partition coefficient (Wildman–Crippen LogP) is 5.53. The second-order valence-corrected chi connectivity index (χ2v) is 7.23. The molecule has 0 aliphatic rings. The number of hydrogen-bond acceptors (Lipinski definition) is 4. The van der Waals surface area contributed by atoms with Gasteiger partial charge in [-0.25, -0.2) is 4.68 Å². The van der Waals surface area contributed by atoms with Crippen molar-refractivity contribution >= 4 is 17.4 Å². The van der Waals surface area contributed by atoms with Gasteiger partial charge in [0.1, 0.15) is 5.69 Å². The molecule has 0 aliphatic heterocycles. The number of amides is 1. The average Bonchev–Trinajstić information content (AvgIpc) is 3.26. The van der Waals surface area contributed by atoms with E-state index in [1.807, 2.05) is 0 Å². The second kappa shape index (κ2) is 10.1. The average molecular weight is 466 g/mol. The molecule has 1 aromatic carbocycles. The standard InChI is InChI=1S/C25H21F3N4O2/c1-4-21(11-10-16(2)30-24(34)19-8-5-7-18(13-19)17(3)33)32-23(25(26,27)28)14-22(31-32)20-9-6-12-29-15-20/h4-15H,2H2,1,3H3,(H,30,34)/b11-10-,21-4+. The SMILES string of the molecule is C=C(/C=C\C(=C/C)n1nc(-c2cccnc2)cc1C(F)(F)F)NC(=O)c1cccc(C(C)=O)c1. The highest BCUT2D eigenvalue weighted by molar-refractivity contribution is 6.00. The topological polar surface area (TPSA) is 76.9 Å². The molecule has 0 radical (unpaired) electrons. The van der Waals surface area contributed by atoms with Crippen molar-refractivity contribution in [3.05, 3.63) is 102 Å². The first-order valence-corrected chi connectivity index (χ1v) is 10.1. The molecule has 3 aromatic rings. The minimum Gasteiger partial charge on any atom is -0.323 e. The summed E-state index contributed by atoms with van der Waals surface area (Å²) in [6, 6.07) is 10.3. The lowest BCUT2D eigenvalue weighted by Crippen LogP contribution is -2.21. The maximum absolute atomic E-state index is 13.7. The van der Waals surface area contributed by atoms with Gasteiger partial charge in [-0.3, -0.25) is 14.6 Å². The largest absolute Gasteiger partial charge is 0.433 e. The number of pyridine rings is 1. The first-order valence-electron chi connectivity index (χ1n) is 10.1. The van der Waals surface area contributed by atoms with Crippen LogP contribution < -0.4 is 5.32 Å². The van der Waals surface area contributed by atoms with Crippen molar-refractivity contribution in [2.75, 3.05) is 0 Å². The normalized spacial score (nSPS) is 12.1. The molecular formula is C25H21F3N4O2. The van der Waals surface area contributed by atoms with E-state index in [1.165, 1.54) is 49.7 Å². The molecule has 0 unspecified atom stereocenters. The van der Waals surface area contributed by atoms with Gasteiger partial charge in [0, 0.05) is 34.8 Å². The number of nitrogens with one attached hydrogen (secondary N) is 1. The number of Topliss-reactive ketones (excluding diaryl/α,β-unsaturated/α-hetero) is 1. The Morgan fingerprint density at radius 3 is 2.44 bits per heavy atom. The number of aromatic nitrogens is 3. The number of carbonyl (C=O) groups excluding carboxylic acids is 2. The highest BCUT2D eigenvalue weighted by atomic mass is 19.4. The summed E-state index contributed by atoms with van der Waals surface area (Å²) in [5.41, 5.74) is 0.497. The van der Waals surface area contributed by atoms with Crippen LogP contribution >= 0.6 is 0 Å². The Morgan fingerprint density at radius 2 is 1.82 bits per heavy atom. The Labute approximate surface area is 194 Å². The van der Waals surface area contributed by atoms with Crippen LogP contribution in [0.2, 0.25) is 0 Å². The highest BCUT2D eigenvalue weighted by Crippen LogP contribution is 2.34. The molecule has 3 rings (SSSR count). The van der Waals surface area contributed by atoms with E-state index < -0.39 is 17.8 Å². The quantitative estimate of drug-likeness (QED) is 0.367. The zero-order valence-electron chi connectivity index (χ0n) is 18.4. The molecule has 0 atom stereocenters. The summed E-state index contributed by atoms with van der Waals surface area (Å²) in [6.45, 7) is 6.69. The van der Waals surface area contributed by atoms with Crippen molar-refractivity contribution in [3.63, 3.8) is 0 Å². The summed E-state index contributed by atoms with van der Waals surface area (Å²) in [5, 5.41) is 6.67. The van der Waals surface area contributed by atoms with Crippen molar-refractivity contribution in [1.82, 2.24) is 20.1 Å². The van der Waals surface area contributed by atoms with Crippen LogP contribution in [0.15, 0.2) is 85.4 Å². The van der Waals surface area contributed by atoms with E-state index in [4.69, 9.17) is 0 Å². The third kappa shape index (κ3) is 5.74. The monoisotopic (exact) mass is 466 g/mol. The van der Waals surface area contributed by atoms with Gasteiger partial charge in [0.2, 0.25) is 0 Å². The first kappa shape index (κ1) is 24.4. The molecule has 0 spiro atoms. The van der Waals surface area contributed by atoms with Gasteiger partial charge >= 0.3 is 6.18 Å². The van der Waals surface area contributed by atoms with E-state index in [0.29, 0.717) is 11.1 Å². The van der Waals surface area contributed by atoms with Crippen molar-refractivity contribution in [2.45, 2.75) is 20.0 Å². The molecule has 174 valence electrons. The summed E-state index contributed by atoms with van der Waals surface area (Å²) in [6.07, 6.45) is 2.48. The molecular weight excluding hydrogens is 445 g/mol. The number of benzene rings is 1. The van der Waals surface area contributed by atoms with E-state index in [2.05, 4.69) is 22.0 Å². The van der Waals surface area contributed by atoms with Gasteiger partial charge in [0.25, 0.3) is 5.91 Å². The maximum atomic E-state index is 13.7. The third-order valence-corrected chi connectivity index (χ3v) is 4.76. The van der Waals surface area contributed by atoms with E-state index in [9.17, 15) is 22.8 Å². The molecule has 2 aromatic heterocycles. The van der Waals surface area contributed by atoms with E-state index in [1.54, 1.807) is 31.2 Å². The van der Waals surface area contributed by atoms with Gasteiger partial charge in [-0.1, -0.05) is 24.8 Å². The summed E-state index contributed by atoms with van der Waals surface area (Å²) in [5.74, 6) is -0.690. The van der Waals surface area contributed by atoms with Gasteiger partial charge < -0.3 is 5.32 Å².